The van der Waals surface area contributed by atoms with Gasteiger partial charge in [-0.25, -0.2) is 0 Å². The van der Waals surface area contributed by atoms with E-state index in [0.717, 1.165) is 12.6 Å². The Balaban J connectivity index is 1.52. The number of hydrogen-bond donors (Lipinski definition) is 0. The van der Waals surface area contributed by atoms with E-state index in [2.05, 4.69) is 70.5 Å². The Morgan fingerprint density at radius 2 is 1.46 bits per heavy atom. The van der Waals surface area contributed by atoms with Crippen LogP contribution in [0, 0.1) is 0 Å². The van der Waals surface area contributed by atoms with Crippen LogP contribution in [0.3, 0.4) is 0 Å². The maximum Gasteiger partial charge on any atom is 0.0223 e. The average Bonchev–Trinajstić information content (AvgIpc) is 2.67. The van der Waals surface area contributed by atoms with Gasteiger partial charge in [0.1, 0.15) is 0 Å². The minimum absolute atomic E-state index is 0.475. The number of piperidine rings is 1. The van der Waals surface area contributed by atoms with Crippen LogP contribution in [0.1, 0.15) is 36.3 Å². The minimum Gasteiger partial charge on any atom is -0.300 e. The summed E-state index contributed by atoms with van der Waals surface area (Å²) in [5.41, 5.74) is 2.88. The summed E-state index contributed by atoms with van der Waals surface area (Å²) in [7, 11) is 0. The van der Waals surface area contributed by atoms with Crippen LogP contribution in [-0.4, -0.2) is 48.6 Å². The molecule has 126 valence electrons. The number of nitrogens with zero attached hydrogens (tertiary/aromatic N) is 2. The fraction of sp³-hybridized carbons (Fsp3) is 0.455. The second-order valence-electron chi connectivity index (χ2n) is 7.32. The normalized spacial score (nSPS) is 22.5. The lowest BCUT2D eigenvalue weighted by Crippen LogP contribution is -2.55. The molecule has 24 heavy (non-hydrogen) atoms. The van der Waals surface area contributed by atoms with Crippen LogP contribution in [0.2, 0.25) is 0 Å². The first-order chi connectivity index (χ1) is 11.9. The Labute approximate surface area is 146 Å². The second-order valence-corrected chi connectivity index (χ2v) is 7.32. The molecule has 0 aromatic heterocycles. The van der Waals surface area contributed by atoms with Gasteiger partial charge in [0.2, 0.25) is 0 Å². The molecule has 4 rings (SSSR count). The van der Waals surface area contributed by atoms with Crippen molar-refractivity contribution in [3.8, 4) is 0 Å². The monoisotopic (exact) mass is 320 g/mol. The van der Waals surface area contributed by atoms with E-state index < -0.39 is 0 Å². The third kappa shape index (κ3) is 3.55. The standard InChI is InChI=1S/C22H28N2/c1-3-9-19(10-4-1)22(20-11-5-2-6-12-20)18-23-15-16-24-14-8-7-13-21(24)17-23/h1-6,9-12,21-22H,7-8,13-18H2. The average molecular weight is 320 g/mol. The molecule has 2 fully saturated rings. The van der Waals surface area contributed by atoms with E-state index >= 15 is 0 Å². The van der Waals surface area contributed by atoms with Gasteiger partial charge in [0, 0.05) is 38.1 Å². The predicted molar refractivity (Wildman–Crippen MR) is 100 cm³/mol. The third-order valence-electron chi connectivity index (χ3n) is 5.77. The van der Waals surface area contributed by atoms with E-state index in [1.54, 1.807) is 0 Å². The zero-order valence-corrected chi connectivity index (χ0v) is 14.5. The molecule has 2 heterocycles. The van der Waals surface area contributed by atoms with E-state index in [0.29, 0.717) is 5.92 Å². The molecule has 0 bridgehead atoms. The van der Waals surface area contributed by atoms with Gasteiger partial charge in [-0.2, -0.15) is 0 Å². The number of piperazine rings is 1. The van der Waals surface area contributed by atoms with E-state index in [1.807, 2.05) is 0 Å². The first kappa shape index (κ1) is 15.9. The first-order valence-electron chi connectivity index (χ1n) is 9.46. The number of benzene rings is 2. The zero-order valence-electron chi connectivity index (χ0n) is 14.5. The molecule has 1 atom stereocenters. The van der Waals surface area contributed by atoms with Crippen LogP contribution in [0.5, 0.6) is 0 Å². The summed E-state index contributed by atoms with van der Waals surface area (Å²) in [5.74, 6) is 0.475. The van der Waals surface area contributed by atoms with Gasteiger partial charge >= 0.3 is 0 Å². The molecule has 0 radical (unpaired) electrons. The van der Waals surface area contributed by atoms with Crippen LogP contribution in [0.4, 0.5) is 0 Å². The summed E-state index contributed by atoms with van der Waals surface area (Å²) >= 11 is 0. The van der Waals surface area contributed by atoms with Crippen molar-refractivity contribution in [3.05, 3.63) is 71.8 Å². The molecule has 0 N–H and O–H groups in total. The fourth-order valence-electron chi connectivity index (χ4n) is 4.42. The van der Waals surface area contributed by atoms with Crippen molar-refractivity contribution in [1.29, 1.82) is 0 Å². The van der Waals surface area contributed by atoms with E-state index in [4.69, 9.17) is 0 Å². The summed E-state index contributed by atoms with van der Waals surface area (Å²) in [6.07, 6.45) is 4.20. The third-order valence-corrected chi connectivity index (χ3v) is 5.77. The fourth-order valence-corrected chi connectivity index (χ4v) is 4.42. The maximum absolute atomic E-state index is 2.72. The molecule has 2 aliphatic rings. The molecule has 0 saturated carbocycles. The highest BCUT2D eigenvalue weighted by atomic mass is 15.3. The van der Waals surface area contributed by atoms with Gasteiger partial charge in [-0.05, 0) is 30.5 Å². The van der Waals surface area contributed by atoms with Crippen LogP contribution in [-0.2, 0) is 0 Å². The summed E-state index contributed by atoms with van der Waals surface area (Å²) in [6, 6.07) is 22.9. The number of rotatable bonds is 4. The largest absolute Gasteiger partial charge is 0.300 e. The van der Waals surface area contributed by atoms with Crippen LogP contribution < -0.4 is 0 Å². The molecule has 2 aliphatic heterocycles. The minimum atomic E-state index is 0.475. The molecule has 2 aromatic rings. The van der Waals surface area contributed by atoms with Crippen molar-refractivity contribution in [3.63, 3.8) is 0 Å². The molecule has 0 aliphatic carbocycles. The summed E-state index contributed by atoms with van der Waals surface area (Å²) in [6.45, 7) is 6.17. The highest BCUT2D eigenvalue weighted by molar-refractivity contribution is 5.32. The Morgan fingerprint density at radius 1 is 0.792 bits per heavy atom. The molecule has 2 aromatic carbocycles. The molecular formula is C22H28N2. The van der Waals surface area contributed by atoms with E-state index in [-0.39, 0.29) is 0 Å². The van der Waals surface area contributed by atoms with Crippen molar-refractivity contribution < 1.29 is 0 Å². The van der Waals surface area contributed by atoms with Crippen molar-refractivity contribution in [1.82, 2.24) is 9.80 Å². The van der Waals surface area contributed by atoms with Crippen LogP contribution in [0.15, 0.2) is 60.7 Å². The Kier molecular flexibility index (Phi) is 4.96. The molecule has 2 saturated heterocycles. The highest BCUT2D eigenvalue weighted by Gasteiger charge is 2.30. The summed E-state index contributed by atoms with van der Waals surface area (Å²) < 4.78 is 0. The molecule has 1 unspecified atom stereocenters. The summed E-state index contributed by atoms with van der Waals surface area (Å²) in [5, 5.41) is 0. The van der Waals surface area contributed by atoms with Gasteiger partial charge in [0.15, 0.2) is 0 Å². The maximum atomic E-state index is 2.72. The molecule has 0 amide bonds. The predicted octanol–water partition coefficient (Wildman–Crippen LogP) is 3.99. The molecule has 2 nitrogen and oxygen atoms in total. The lowest BCUT2D eigenvalue weighted by molar-refractivity contribution is 0.0480. The summed E-state index contributed by atoms with van der Waals surface area (Å²) in [4.78, 5) is 5.43. The van der Waals surface area contributed by atoms with Gasteiger partial charge in [0.25, 0.3) is 0 Å². The number of fused-ring (bicyclic) bond motifs is 1. The van der Waals surface area contributed by atoms with Gasteiger partial charge in [0.05, 0.1) is 0 Å². The SMILES string of the molecule is c1ccc(C(CN2CCN3CCCCC3C2)c2ccccc2)cc1. The first-order valence-corrected chi connectivity index (χ1v) is 9.46. The quantitative estimate of drug-likeness (QED) is 0.840. The van der Waals surface area contributed by atoms with Crippen LogP contribution in [0.25, 0.3) is 0 Å². The lowest BCUT2D eigenvalue weighted by atomic mass is 9.90. The number of hydrogen-bond acceptors (Lipinski definition) is 2. The molecule has 2 heteroatoms. The van der Waals surface area contributed by atoms with Crippen molar-refractivity contribution >= 4 is 0 Å². The lowest BCUT2D eigenvalue weighted by Gasteiger charge is -2.45. The molecule has 0 spiro atoms. The smallest absolute Gasteiger partial charge is 0.0223 e. The second kappa shape index (κ2) is 7.50. The van der Waals surface area contributed by atoms with Crippen molar-refractivity contribution in [2.45, 2.75) is 31.2 Å². The van der Waals surface area contributed by atoms with Gasteiger partial charge in [-0.15, -0.1) is 0 Å². The van der Waals surface area contributed by atoms with Crippen molar-refractivity contribution in [2.24, 2.45) is 0 Å². The van der Waals surface area contributed by atoms with Crippen LogP contribution >= 0.6 is 0 Å². The Hall–Kier alpha value is -1.64. The van der Waals surface area contributed by atoms with E-state index in [1.165, 1.54) is 56.6 Å². The van der Waals surface area contributed by atoms with Gasteiger partial charge < -0.3 is 0 Å². The highest BCUT2D eigenvalue weighted by Crippen LogP contribution is 2.28. The van der Waals surface area contributed by atoms with Crippen molar-refractivity contribution in [2.75, 3.05) is 32.7 Å². The van der Waals surface area contributed by atoms with E-state index in [9.17, 15) is 0 Å². The zero-order chi connectivity index (χ0) is 16.2. The van der Waals surface area contributed by atoms with Gasteiger partial charge in [-0.3, -0.25) is 9.80 Å². The topological polar surface area (TPSA) is 6.48 Å². The Morgan fingerprint density at radius 3 is 2.12 bits per heavy atom. The Bertz CT molecular complexity index is 585. The molecular weight excluding hydrogens is 292 g/mol. The van der Waals surface area contributed by atoms with Gasteiger partial charge in [-0.1, -0.05) is 67.1 Å².